The molecule has 0 N–H and O–H groups in total. The Bertz CT molecular complexity index is 326. The van der Waals surface area contributed by atoms with Crippen LogP contribution in [0.4, 0.5) is 0 Å². The third-order valence-electron chi connectivity index (χ3n) is 2.76. The van der Waals surface area contributed by atoms with E-state index in [0.717, 1.165) is 30.6 Å². The summed E-state index contributed by atoms with van der Waals surface area (Å²) in [6.07, 6.45) is 3.32. The van der Waals surface area contributed by atoms with Gasteiger partial charge in [0.1, 0.15) is 0 Å². The molecule has 0 amide bonds. The second kappa shape index (κ2) is 5.83. The molecule has 1 saturated heterocycles. The summed E-state index contributed by atoms with van der Waals surface area (Å²) >= 11 is 0. The Hall–Kier alpha value is -1.12. The Kier molecular flexibility index (Phi) is 4.14. The van der Waals surface area contributed by atoms with Gasteiger partial charge in [-0.1, -0.05) is 36.9 Å². The van der Waals surface area contributed by atoms with E-state index in [4.69, 9.17) is 9.47 Å². The standard InChI is InChI=1S/C14H18O2/c1-12(13-7-3-2-4-8-13)11-16-14-9-5-6-10-15-14/h2-4,7-8,14H,1,5-6,9-11H2. The third kappa shape index (κ3) is 3.19. The van der Waals surface area contributed by atoms with Crippen LogP contribution < -0.4 is 0 Å². The van der Waals surface area contributed by atoms with E-state index in [1.807, 2.05) is 30.3 Å². The first kappa shape index (κ1) is 11.4. The fourth-order valence-electron chi connectivity index (χ4n) is 1.79. The molecule has 1 aromatic carbocycles. The molecular weight excluding hydrogens is 200 g/mol. The predicted molar refractivity (Wildman–Crippen MR) is 65.0 cm³/mol. The number of hydrogen-bond donors (Lipinski definition) is 0. The second-order valence-corrected chi connectivity index (χ2v) is 4.08. The van der Waals surface area contributed by atoms with E-state index < -0.39 is 0 Å². The Labute approximate surface area is 96.9 Å². The molecule has 2 nitrogen and oxygen atoms in total. The van der Waals surface area contributed by atoms with Crippen molar-refractivity contribution >= 4 is 5.57 Å². The molecule has 1 aromatic rings. The van der Waals surface area contributed by atoms with E-state index in [1.54, 1.807) is 0 Å². The molecule has 0 radical (unpaired) electrons. The number of hydrogen-bond acceptors (Lipinski definition) is 2. The summed E-state index contributed by atoms with van der Waals surface area (Å²) in [7, 11) is 0. The van der Waals surface area contributed by atoms with Crippen LogP contribution in [0.2, 0.25) is 0 Å². The summed E-state index contributed by atoms with van der Waals surface area (Å²) in [5, 5.41) is 0. The molecule has 1 fully saturated rings. The van der Waals surface area contributed by atoms with Gasteiger partial charge >= 0.3 is 0 Å². The third-order valence-corrected chi connectivity index (χ3v) is 2.76. The zero-order valence-corrected chi connectivity index (χ0v) is 9.52. The molecule has 1 atom stereocenters. The summed E-state index contributed by atoms with van der Waals surface area (Å²) in [5.41, 5.74) is 2.15. The van der Waals surface area contributed by atoms with E-state index in [9.17, 15) is 0 Å². The van der Waals surface area contributed by atoms with Gasteiger partial charge in [-0.15, -0.1) is 0 Å². The van der Waals surface area contributed by atoms with Crippen LogP contribution in [0.25, 0.3) is 5.57 Å². The molecule has 86 valence electrons. The summed E-state index contributed by atoms with van der Waals surface area (Å²) in [6, 6.07) is 10.1. The summed E-state index contributed by atoms with van der Waals surface area (Å²) in [5.74, 6) is 0. The van der Waals surface area contributed by atoms with Crippen LogP contribution in [0.5, 0.6) is 0 Å². The summed E-state index contributed by atoms with van der Waals surface area (Å²) in [4.78, 5) is 0. The van der Waals surface area contributed by atoms with Crippen LogP contribution in [-0.2, 0) is 9.47 Å². The van der Waals surface area contributed by atoms with E-state index in [2.05, 4.69) is 6.58 Å². The van der Waals surface area contributed by atoms with Crippen LogP contribution in [-0.4, -0.2) is 19.5 Å². The number of ether oxygens (including phenoxy) is 2. The van der Waals surface area contributed by atoms with Gasteiger partial charge in [0.05, 0.1) is 6.61 Å². The fourth-order valence-corrected chi connectivity index (χ4v) is 1.79. The molecule has 1 aliphatic heterocycles. The van der Waals surface area contributed by atoms with Crippen molar-refractivity contribution in [2.45, 2.75) is 25.6 Å². The SMILES string of the molecule is C=C(COC1CCCCO1)c1ccccc1. The quantitative estimate of drug-likeness (QED) is 0.772. The van der Waals surface area contributed by atoms with Crippen LogP contribution >= 0.6 is 0 Å². The number of benzene rings is 1. The van der Waals surface area contributed by atoms with Crippen molar-refractivity contribution in [1.29, 1.82) is 0 Å². The van der Waals surface area contributed by atoms with Crippen molar-refractivity contribution in [3.05, 3.63) is 42.5 Å². The Morgan fingerprint density at radius 1 is 1.31 bits per heavy atom. The van der Waals surface area contributed by atoms with E-state index in [0.29, 0.717) is 6.61 Å². The van der Waals surface area contributed by atoms with Crippen molar-refractivity contribution in [2.75, 3.05) is 13.2 Å². The first-order valence-electron chi connectivity index (χ1n) is 5.82. The van der Waals surface area contributed by atoms with Crippen molar-refractivity contribution in [3.63, 3.8) is 0 Å². The maximum atomic E-state index is 5.68. The smallest absolute Gasteiger partial charge is 0.158 e. The monoisotopic (exact) mass is 218 g/mol. The minimum atomic E-state index is -0.0331. The van der Waals surface area contributed by atoms with Gasteiger partial charge in [0.15, 0.2) is 6.29 Å². The first-order chi connectivity index (χ1) is 7.86. The van der Waals surface area contributed by atoms with Crippen molar-refractivity contribution in [1.82, 2.24) is 0 Å². The minimum Gasteiger partial charge on any atom is -0.353 e. The molecule has 2 rings (SSSR count). The minimum absolute atomic E-state index is 0.0331. The Morgan fingerprint density at radius 2 is 2.12 bits per heavy atom. The highest BCUT2D eigenvalue weighted by atomic mass is 16.7. The lowest BCUT2D eigenvalue weighted by Crippen LogP contribution is -2.22. The van der Waals surface area contributed by atoms with Gasteiger partial charge in [0.2, 0.25) is 0 Å². The Morgan fingerprint density at radius 3 is 2.81 bits per heavy atom. The summed E-state index contributed by atoms with van der Waals surface area (Å²) in [6.45, 7) is 5.40. The molecule has 2 heteroatoms. The molecule has 0 aromatic heterocycles. The second-order valence-electron chi connectivity index (χ2n) is 4.08. The van der Waals surface area contributed by atoms with Gasteiger partial charge < -0.3 is 9.47 Å². The summed E-state index contributed by atoms with van der Waals surface area (Å²) < 4.78 is 11.2. The lowest BCUT2D eigenvalue weighted by Gasteiger charge is -2.23. The predicted octanol–water partition coefficient (Wildman–Crippen LogP) is 3.24. The van der Waals surface area contributed by atoms with Crippen LogP contribution in [0, 0.1) is 0 Å². The van der Waals surface area contributed by atoms with Crippen LogP contribution in [0.3, 0.4) is 0 Å². The zero-order chi connectivity index (χ0) is 11.2. The maximum absolute atomic E-state index is 5.68. The van der Waals surface area contributed by atoms with Gasteiger partial charge in [-0.3, -0.25) is 0 Å². The lowest BCUT2D eigenvalue weighted by atomic mass is 10.1. The largest absolute Gasteiger partial charge is 0.353 e. The average molecular weight is 218 g/mol. The molecule has 0 aliphatic carbocycles. The lowest BCUT2D eigenvalue weighted by molar-refractivity contribution is -0.154. The zero-order valence-electron chi connectivity index (χ0n) is 9.52. The molecule has 1 aliphatic rings. The van der Waals surface area contributed by atoms with Crippen molar-refractivity contribution in [2.24, 2.45) is 0 Å². The number of rotatable bonds is 4. The van der Waals surface area contributed by atoms with Gasteiger partial charge in [0.25, 0.3) is 0 Å². The van der Waals surface area contributed by atoms with Gasteiger partial charge in [0, 0.05) is 6.61 Å². The van der Waals surface area contributed by atoms with Gasteiger partial charge in [-0.05, 0) is 30.4 Å². The topological polar surface area (TPSA) is 18.5 Å². The molecular formula is C14H18O2. The van der Waals surface area contributed by atoms with Gasteiger partial charge in [-0.25, -0.2) is 0 Å². The molecule has 1 unspecified atom stereocenters. The maximum Gasteiger partial charge on any atom is 0.158 e. The van der Waals surface area contributed by atoms with Crippen LogP contribution in [0.15, 0.2) is 36.9 Å². The van der Waals surface area contributed by atoms with E-state index in [1.165, 1.54) is 6.42 Å². The fraction of sp³-hybridized carbons (Fsp3) is 0.429. The highest BCUT2D eigenvalue weighted by molar-refractivity contribution is 5.63. The van der Waals surface area contributed by atoms with E-state index in [-0.39, 0.29) is 6.29 Å². The van der Waals surface area contributed by atoms with Gasteiger partial charge in [-0.2, -0.15) is 0 Å². The molecule has 0 spiro atoms. The first-order valence-corrected chi connectivity index (χ1v) is 5.82. The van der Waals surface area contributed by atoms with Crippen molar-refractivity contribution in [3.8, 4) is 0 Å². The Balaban J connectivity index is 1.79. The van der Waals surface area contributed by atoms with Crippen molar-refractivity contribution < 1.29 is 9.47 Å². The molecule has 0 bridgehead atoms. The molecule has 16 heavy (non-hydrogen) atoms. The normalized spacial score (nSPS) is 20.6. The highest BCUT2D eigenvalue weighted by Crippen LogP contribution is 2.17. The molecule has 1 heterocycles. The molecule has 0 saturated carbocycles. The highest BCUT2D eigenvalue weighted by Gasteiger charge is 2.14. The average Bonchev–Trinajstić information content (AvgIpc) is 2.38. The van der Waals surface area contributed by atoms with Crippen LogP contribution in [0.1, 0.15) is 24.8 Å². The van der Waals surface area contributed by atoms with E-state index >= 15 is 0 Å².